The van der Waals surface area contributed by atoms with E-state index >= 15 is 0 Å². The third-order valence-corrected chi connectivity index (χ3v) is 2.29. The first-order chi connectivity index (χ1) is 7.70. The summed E-state index contributed by atoms with van der Waals surface area (Å²) in [5.74, 6) is -0.357. The number of hydrogen-bond acceptors (Lipinski definition) is 2. The van der Waals surface area contributed by atoms with Crippen molar-refractivity contribution in [2.75, 3.05) is 0 Å². The molecule has 3 heteroatoms. The highest BCUT2D eigenvalue weighted by atomic mass is 19.1. The molecule has 80 valence electrons. The van der Waals surface area contributed by atoms with Gasteiger partial charge in [0.1, 0.15) is 17.9 Å². The van der Waals surface area contributed by atoms with Crippen LogP contribution in [0.25, 0.3) is 11.1 Å². The Balaban J connectivity index is 2.58. The van der Waals surface area contributed by atoms with Crippen molar-refractivity contribution in [3.8, 4) is 16.9 Å². The van der Waals surface area contributed by atoms with Gasteiger partial charge in [0, 0.05) is 11.1 Å². The van der Waals surface area contributed by atoms with Gasteiger partial charge >= 0.3 is 0 Å². The number of halogens is 1. The predicted molar refractivity (Wildman–Crippen MR) is 58.9 cm³/mol. The molecule has 0 aromatic heterocycles. The standard InChI is InChI=1S/C13H9FO2/c14-11-3-1-2-10(7-11)12-6-9(8-15)4-5-13(12)16/h1-8,16H. The third kappa shape index (κ3) is 1.93. The molecule has 0 aliphatic heterocycles. The van der Waals surface area contributed by atoms with Crippen molar-refractivity contribution in [2.24, 2.45) is 0 Å². The molecule has 0 radical (unpaired) electrons. The number of benzene rings is 2. The molecule has 0 saturated carbocycles. The molecular weight excluding hydrogens is 207 g/mol. The Morgan fingerprint density at radius 3 is 2.62 bits per heavy atom. The van der Waals surface area contributed by atoms with Crippen molar-refractivity contribution in [3.63, 3.8) is 0 Å². The lowest BCUT2D eigenvalue weighted by Crippen LogP contribution is -1.85. The van der Waals surface area contributed by atoms with Crippen LogP contribution in [0.5, 0.6) is 5.75 Å². The van der Waals surface area contributed by atoms with Crippen molar-refractivity contribution in [3.05, 3.63) is 53.8 Å². The van der Waals surface area contributed by atoms with Crippen molar-refractivity contribution in [1.82, 2.24) is 0 Å². The van der Waals surface area contributed by atoms with E-state index in [1.165, 1.54) is 30.3 Å². The van der Waals surface area contributed by atoms with E-state index in [1.807, 2.05) is 0 Å². The SMILES string of the molecule is O=Cc1ccc(O)c(-c2cccc(F)c2)c1. The normalized spacial score (nSPS) is 10.1. The number of carbonyl (C=O) groups excluding carboxylic acids is 1. The minimum atomic E-state index is -0.381. The molecule has 0 heterocycles. The van der Waals surface area contributed by atoms with Gasteiger partial charge in [0.25, 0.3) is 0 Å². The van der Waals surface area contributed by atoms with Crippen LogP contribution in [0.1, 0.15) is 10.4 Å². The van der Waals surface area contributed by atoms with Gasteiger partial charge in [-0.15, -0.1) is 0 Å². The highest BCUT2D eigenvalue weighted by Crippen LogP contribution is 2.29. The summed E-state index contributed by atoms with van der Waals surface area (Å²) < 4.78 is 13.0. The Morgan fingerprint density at radius 1 is 1.12 bits per heavy atom. The molecule has 2 aromatic carbocycles. The van der Waals surface area contributed by atoms with Crippen LogP contribution in [0.15, 0.2) is 42.5 Å². The molecule has 2 aromatic rings. The van der Waals surface area contributed by atoms with E-state index < -0.39 is 0 Å². The van der Waals surface area contributed by atoms with Gasteiger partial charge in [-0.2, -0.15) is 0 Å². The van der Waals surface area contributed by atoms with Gasteiger partial charge in [0.15, 0.2) is 0 Å². The zero-order valence-electron chi connectivity index (χ0n) is 8.35. The molecule has 16 heavy (non-hydrogen) atoms. The summed E-state index contributed by atoms with van der Waals surface area (Å²) in [6, 6.07) is 10.3. The molecule has 0 aliphatic carbocycles. The monoisotopic (exact) mass is 216 g/mol. The fourth-order valence-electron chi connectivity index (χ4n) is 1.51. The van der Waals surface area contributed by atoms with E-state index in [4.69, 9.17) is 0 Å². The lowest BCUT2D eigenvalue weighted by molar-refractivity contribution is 0.112. The molecule has 0 saturated heterocycles. The molecule has 0 unspecified atom stereocenters. The second kappa shape index (κ2) is 4.14. The lowest BCUT2D eigenvalue weighted by Gasteiger charge is -2.05. The maximum atomic E-state index is 13.0. The average Bonchev–Trinajstić information content (AvgIpc) is 2.30. The zero-order valence-corrected chi connectivity index (χ0v) is 8.35. The molecule has 0 atom stereocenters. The molecule has 0 aliphatic rings. The number of hydrogen-bond donors (Lipinski definition) is 1. The Kier molecular flexibility index (Phi) is 2.68. The van der Waals surface area contributed by atoms with Crippen LogP contribution in [-0.4, -0.2) is 11.4 Å². The molecule has 2 nitrogen and oxygen atoms in total. The largest absolute Gasteiger partial charge is 0.507 e. The number of phenols is 1. The summed E-state index contributed by atoms with van der Waals surface area (Å²) >= 11 is 0. The highest BCUT2D eigenvalue weighted by molar-refractivity contribution is 5.81. The van der Waals surface area contributed by atoms with Crippen LogP contribution >= 0.6 is 0 Å². The minimum Gasteiger partial charge on any atom is -0.507 e. The molecule has 1 N–H and O–H groups in total. The van der Waals surface area contributed by atoms with E-state index in [9.17, 15) is 14.3 Å². The van der Waals surface area contributed by atoms with E-state index in [2.05, 4.69) is 0 Å². The number of carbonyl (C=O) groups is 1. The summed E-state index contributed by atoms with van der Waals surface area (Å²) in [5, 5.41) is 9.64. The first-order valence-electron chi connectivity index (χ1n) is 4.75. The number of aromatic hydroxyl groups is 1. The predicted octanol–water partition coefficient (Wildman–Crippen LogP) is 3.01. The maximum Gasteiger partial charge on any atom is 0.150 e. The van der Waals surface area contributed by atoms with E-state index in [0.29, 0.717) is 23.0 Å². The van der Waals surface area contributed by atoms with Crippen molar-refractivity contribution >= 4 is 6.29 Å². The fourth-order valence-corrected chi connectivity index (χ4v) is 1.51. The molecule has 0 bridgehead atoms. The van der Waals surface area contributed by atoms with Crippen LogP contribution in [-0.2, 0) is 0 Å². The van der Waals surface area contributed by atoms with Crippen molar-refractivity contribution in [1.29, 1.82) is 0 Å². The second-order valence-electron chi connectivity index (χ2n) is 3.40. The van der Waals surface area contributed by atoms with Crippen LogP contribution in [0.2, 0.25) is 0 Å². The second-order valence-corrected chi connectivity index (χ2v) is 3.40. The molecule has 0 fully saturated rings. The highest BCUT2D eigenvalue weighted by Gasteiger charge is 2.06. The van der Waals surface area contributed by atoms with Gasteiger partial charge in [-0.1, -0.05) is 12.1 Å². The van der Waals surface area contributed by atoms with Crippen LogP contribution in [0, 0.1) is 5.82 Å². The minimum absolute atomic E-state index is 0.0243. The fraction of sp³-hybridized carbons (Fsp3) is 0. The summed E-state index contributed by atoms with van der Waals surface area (Å²) in [6.07, 6.45) is 0.683. The van der Waals surface area contributed by atoms with Gasteiger partial charge in [0.2, 0.25) is 0 Å². The first kappa shape index (κ1) is 10.4. The summed E-state index contributed by atoms with van der Waals surface area (Å²) in [5.41, 5.74) is 1.43. The van der Waals surface area contributed by atoms with Crippen LogP contribution < -0.4 is 0 Å². The zero-order chi connectivity index (χ0) is 11.5. The summed E-state index contributed by atoms with van der Waals surface area (Å²) in [4.78, 5) is 10.6. The maximum absolute atomic E-state index is 13.0. The number of aldehydes is 1. The summed E-state index contributed by atoms with van der Waals surface area (Å²) in [6.45, 7) is 0. The lowest BCUT2D eigenvalue weighted by atomic mass is 10.0. The smallest absolute Gasteiger partial charge is 0.150 e. The Labute approximate surface area is 92.0 Å². The Bertz CT molecular complexity index is 535. The van der Waals surface area contributed by atoms with Gasteiger partial charge in [-0.05, 0) is 35.9 Å². The van der Waals surface area contributed by atoms with Gasteiger partial charge in [-0.3, -0.25) is 4.79 Å². The van der Waals surface area contributed by atoms with E-state index in [0.717, 1.165) is 0 Å². The van der Waals surface area contributed by atoms with Gasteiger partial charge in [0.05, 0.1) is 0 Å². The Morgan fingerprint density at radius 2 is 1.94 bits per heavy atom. The van der Waals surface area contributed by atoms with Gasteiger partial charge in [-0.25, -0.2) is 4.39 Å². The number of phenolic OH excluding ortho intramolecular Hbond substituents is 1. The summed E-state index contributed by atoms with van der Waals surface area (Å²) in [7, 11) is 0. The number of rotatable bonds is 2. The average molecular weight is 216 g/mol. The van der Waals surface area contributed by atoms with Crippen LogP contribution in [0.4, 0.5) is 4.39 Å². The van der Waals surface area contributed by atoms with Crippen molar-refractivity contribution < 1.29 is 14.3 Å². The molecule has 0 spiro atoms. The molecule has 0 amide bonds. The third-order valence-electron chi connectivity index (χ3n) is 2.29. The quantitative estimate of drug-likeness (QED) is 0.783. The van der Waals surface area contributed by atoms with Gasteiger partial charge < -0.3 is 5.11 Å². The van der Waals surface area contributed by atoms with E-state index in [1.54, 1.807) is 12.1 Å². The Hall–Kier alpha value is -2.16. The first-order valence-corrected chi connectivity index (χ1v) is 4.75. The van der Waals surface area contributed by atoms with Crippen LogP contribution in [0.3, 0.4) is 0 Å². The molecule has 2 rings (SSSR count). The molecular formula is C13H9FO2. The van der Waals surface area contributed by atoms with Crippen molar-refractivity contribution in [2.45, 2.75) is 0 Å². The topological polar surface area (TPSA) is 37.3 Å². The van der Waals surface area contributed by atoms with E-state index in [-0.39, 0.29) is 11.6 Å².